The van der Waals surface area contributed by atoms with Crippen molar-refractivity contribution >= 4 is 76.2 Å². The molecule has 2 aromatic rings. The molecular formula is C10H5Br3OS2. The average Bonchev–Trinajstić information content (AvgIpc) is 2.72. The molecule has 0 saturated carbocycles. The van der Waals surface area contributed by atoms with Crippen molar-refractivity contribution in [1.82, 2.24) is 0 Å². The van der Waals surface area contributed by atoms with Crippen molar-refractivity contribution in [2.45, 2.75) is 6.92 Å². The summed E-state index contributed by atoms with van der Waals surface area (Å²) in [4.78, 5) is 13.6. The highest BCUT2D eigenvalue weighted by Crippen LogP contribution is 2.35. The van der Waals surface area contributed by atoms with Crippen molar-refractivity contribution < 1.29 is 4.79 Å². The molecule has 2 heterocycles. The van der Waals surface area contributed by atoms with Gasteiger partial charge >= 0.3 is 0 Å². The van der Waals surface area contributed by atoms with Crippen LogP contribution < -0.4 is 0 Å². The van der Waals surface area contributed by atoms with Crippen LogP contribution in [0.1, 0.15) is 20.1 Å². The van der Waals surface area contributed by atoms with E-state index >= 15 is 0 Å². The zero-order valence-corrected chi connectivity index (χ0v) is 14.4. The topological polar surface area (TPSA) is 17.1 Å². The molecule has 0 spiro atoms. The molecule has 0 fully saturated rings. The highest BCUT2D eigenvalue weighted by Gasteiger charge is 2.17. The minimum atomic E-state index is 0.0789. The second-order valence-corrected chi connectivity index (χ2v) is 8.72. The van der Waals surface area contributed by atoms with E-state index in [0.717, 1.165) is 27.4 Å². The van der Waals surface area contributed by atoms with E-state index in [4.69, 9.17) is 0 Å². The average molecular weight is 445 g/mol. The van der Waals surface area contributed by atoms with E-state index in [0.29, 0.717) is 0 Å². The van der Waals surface area contributed by atoms with Crippen LogP contribution >= 0.6 is 70.5 Å². The van der Waals surface area contributed by atoms with Crippen LogP contribution in [0.4, 0.5) is 0 Å². The molecule has 0 saturated heterocycles. The standard InChI is InChI=1S/C10H5Br3OS2/c1-4-2-6(15-9(4)12)8(14)7-3-5(11)10(13)16-7/h2-3H,1H3. The first kappa shape index (κ1) is 13.0. The van der Waals surface area contributed by atoms with Crippen LogP contribution in [0.5, 0.6) is 0 Å². The van der Waals surface area contributed by atoms with Crippen molar-refractivity contribution in [1.29, 1.82) is 0 Å². The summed E-state index contributed by atoms with van der Waals surface area (Å²) in [5.41, 5.74) is 1.10. The second kappa shape index (κ2) is 5.02. The zero-order chi connectivity index (χ0) is 11.9. The molecule has 0 aliphatic carbocycles. The van der Waals surface area contributed by atoms with E-state index in [2.05, 4.69) is 47.8 Å². The van der Waals surface area contributed by atoms with E-state index < -0.39 is 0 Å². The first-order chi connectivity index (χ1) is 7.49. The van der Waals surface area contributed by atoms with Crippen molar-refractivity contribution in [2.75, 3.05) is 0 Å². The SMILES string of the molecule is Cc1cc(C(=O)c2cc(Br)c(Br)s2)sc1Br. The molecule has 2 aromatic heterocycles. The molecule has 2 rings (SSSR count). The molecule has 0 radical (unpaired) electrons. The Bertz CT molecular complexity index is 469. The Morgan fingerprint density at radius 2 is 1.62 bits per heavy atom. The molecule has 0 aliphatic rings. The van der Waals surface area contributed by atoms with Crippen molar-refractivity contribution in [3.63, 3.8) is 0 Å². The van der Waals surface area contributed by atoms with Crippen molar-refractivity contribution in [3.8, 4) is 0 Å². The summed E-state index contributed by atoms with van der Waals surface area (Å²) in [7, 11) is 0. The van der Waals surface area contributed by atoms with Gasteiger partial charge in [0.2, 0.25) is 5.78 Å². The van der Waals surface area contributed by atoms with Crippen LogP contribution in [0.25, 0.3) is 0 Å². The van der Waals surface area contributed by atoms with Crippen LogP contribution in [-0.2, 0) is 0 Å². The lowest BCUT2D eigenvalue weighted by Crippen LogP contribution is -1.94. The minimum Gasteiger partial charge on any atom is -0.287 e. The fourth-order valence-electron chi connectivity index (χ4n) is 1.15. The summed E-state index contributed by atoms with van der Waals surface area (Å²) in [6.07, 6.45) is 0. The summed E-state index contributed by atoms with van der Waals surface area (Å²) in [6.45, 7) is 1.98. The normalized spacial score (nSPS) is 10.8. The largest absolute Gasteiger partial charge is 0.287 e. The second-order valence-electron chi connectivity index (χ2n) is 3.13. The van der Waals surface area contributed by atoms with Gasteiger partial charge in [0, 0.05) is 4.47 Å². The van der Waals surface area contributed by atoms with E-state index in [9.17, 15) is 4.79 Å². The lowest BCUT2D eigenvalue weighted by atomic mass is 10.2. The first-order valence-electron chi connectivity index (χ1n) is 4.24. The van der Waals surface area contributed by atoms with Gasteiger partial charge in [-0.25, -0.2) is 0 Å². The number of thiophene rings is 2. The fourth-order valence-corrected chi connectivity index (χ4v) is 4.70. The number of halogens is 3. The van der Waals surface area contributed by atoms with Crippen LogP contribution in [0.2, 0.25) is 0 Å². The van der Waals surface area contributed by atoms with Gasteiger partial charge < -0.3 is 0 Å². The molecule has 84 valence electrons. The summed E-state index contributed by atoms with van der Waals surface area (Å²) >= 11 is 13.1. The van der Waals surface area contributed by atoms with E-state index in [1.54, 1.807) is 0 Å². The summed E-state index contributed by atoms with van der Waals surface area (Å²) in [5.74, 6) is 0.0789. The van der Waals surface area contributed by atoms with Gasteiger partial charge in [-0.05, 0) is 72.4 Å². The number of hydrogen-bond acceptors (Lipinski definition) is 3. The summed E-state index contributed by atoms with van der Waals surface area (Å²) in [5, 5.41) is 0. The molecule has 0 atom stereocenters. The minimum absolute atomic E-state index is 0.0789. The quantitative estimate of drug-likeness (QED) is 0.548. The van der Waals surface area contributed by atoms with Crippen LogP contribution in [0.15, 0.2) is 24.2 Å². The van der Waals surface area contributed by atoms with Gasteiger partial charge in [-0.3, -0.25) is 4.79 Å². The third kappa shape index (κ3) is 2.51. The van der Waals surface area contributed by atoms with Gasteiger partial charge in [0.15, 0.2) is 0 Å². The van der Waals surface area contributed by atoms with Gasteiger partial charge in [0.1, 0.15) is 0 Å². The maximum absolute atomic E-state index is 12.1. The summed E-state index contributed by atoms with van der Waals surface area (Å²) in [6, 6.07) is 3.76. The number of carbonyl (C=O) groups is 1. The van der Waals surface area contributed by atoms with Crippen LogP contribution in [0.3, 0.4) is 0 Å². The van der Waals surface area contributed by atoms with Gasteiger partial charge in [-0.1, -0.05) is 0 Å². The molecule has 0 aromatic carbocycles. The molecule has 0 bridgehead atoms. The van der Waals surface area contributed by atoms with Crippen molar-refractivity contribution in [3.05, 3.63) is 39.5 Å². The molecule has 0 unspecified atom stereocenters. The molecule has 16 heavy (non-hydrogen) atoms. The lowest BCUT2D eigenvalue weighted by molar-refractivity contribution is 0.104. The molecule has 0 amide bonds. The highest BCUT2D eigenvalue weighted by molar-refractivity contribution is 9.13. The highest BCUT2D eigenvalue weighted by atomic mass is 79.9. The number of aryl methyl sites for hydroxylation is 1. The third-order valence-electron chi connectivity index (χ3n) is 1.95. The summed E-state index contributed by atoms with van der Waals surface area (Å²) < 4.78 is 2.89. The number of hydrogen-bond donors (Lipinski definition) is 0. The number of rotatable bonds is 2. The lowest BCUT2D eigenvalue weighted by Gasteiger charge is -1.90. The van der Waals surface area contributed by atoms with E-state index in [1.165, 1.54) is 22.7 Å². The number of ketones is 1. The molecule has 1 nitrogen and oxygen atoms in total. The Morgan fingerprint density at radius 3 is 2.06 bits per heavy atom. The molecule has 0 N–H and O–H groups in total. The predicted molar refractivity (Wildman–Crippen MR) is 79.9 cm³/mol. The Labute approximate surface area is 126 Å². The zero-order valence-electron chi connectivity index (χ0n) is 8.01. The van der Waals surface area contributed by atoms with Gasteiger partial charge in [0.25, 0.3) is 0 Å². The Hall–Kier alpha value is 0.510. The third-order valence-corrected chi connectivity index (χ3v) is 7.34. The Morgan fingerprint density at radius 1 is 1.06 bits per heavy atom. The van der Waals surface area contributed by atoms with Gasteiger partial charge in [0.05, 0.1) is 17.3 Å². The van der Waals surface area contributed by atoms with Gasteiger partial charge in [-0.2, -0.15) is 0 Å². The molecule has 6 heteroatoms. The molecular weight excluding hydrogens is 440 g/mol. The van der Waals surface area contributed by atoms with Crippen LogP contribution in [-0.4, -0.2) is 5.78 Å². The maximum atomic E-state index is 12.1. The predicted octanol–water partition coefficient (Wildman–Crippen LogP) is 5.64. The monoisotopic (exact) mass is 442 g/mol. The van der Waals surface area contributed by atoms with E-state index in [1.807, 2.05) is 19.1 Å². The van der Waals surface area contributed by atoms with Crippen molar-refractivity contribution in [2.24, 2.45) is 0 Å². The first-order valence-corrected chi connectivity index (χ1v) is 8.25. The van der Waals surface area contributed by atoms with E-state index in [-0.39, 0.29) is 5.78 Å². The molecule has 0 aliphatic heterocycles. The maximum Gasteiger partial charge on any atom is 0.212 e. The van der Waals surface area contributed by atoms with Crippen LogP contribution in [0, 0.1) is 6.92 Å². The fraction of sp³-hybridized carbons (Fsp3) is 0.100. The Balaban J connectivity index is 2.38. The Kier molecular flexibility index (Phi) is 4.06. The smallest absolute Gasteiger partial charge is 0.212 e. The number of carbonyl (C=O) groups excluding carboxylic acids is 1. The van der Waals surface area contributed by atoms with Gasteiger partial charge in [-0.15, -0.1) is 22.7 Å².